The van der Waals surface area contributed by atoms with Crippen molar-refractivity contribution in [1.82, 2.24) is 4.98 Å². The van der Waals surface area contributed by atoms with Gasteiger partial charge in [-0.1, -0.05) is 12.1 Å². The summed E-state index contributed by atoms with van der Waals surface area (Å²) in [5, 5.41) is 0. The number of benzene rings is 1. The molecule has 0 atom stereocenters. The third-order valence-corrected chi connectivity index (χ3v) is 2.56. The number of rotatable bonds is 4. The van der Waals surface area contributed by atoms with Crippen LogP contribution in [0.15, 0.2) is 42.6 Å². The van der Waals surface area contributed by atoms with Crippen LogP contribution >= 0.6 is 0 Å². The SMILES string of the molecule is COc1cccc(OC(F)(F)F)c1C(=O)c1ccccn1. The molecule has 110 valence electrons. The summed E-state index contributed by atoms with van der Waals surface area (Å²) in [5.74, 6) is -1.36. The molecule has 0 bridgehead atoms. The highest BCUT2D eigenvalue weighted by molar-refractivity contribution is 6.11. The quantitative estimate of drug-likeness (QED) is 0.813. The lowest BCUT2D eigenvalue weighted by Crippen LogP contribution is -2.19. The van der Waals surface area contributed by atoms with Gasteiger partial charge in [-0.05, 0) is 24.3 Å². The monoisotopic (exact) mass is 297 g/mol. The Bertz CT molecular complexity index is 642. The van der Waals surface area contributed by atoms with Gasteiger partial charge in [-0.25, -0.2) is 0 Å². The van der Waals surface area contributed by atoms with Gasteiger partial charge >= 0.3 is 6.36 Å². The fraction of sp³-hybridized carbons (Fsp3) is 0.143. The zero-order valence-electron chi connectivity index (χ0n) is 10.8. The number of halogens is 3. The molecule has 0 saturated heterocycles. The van der Waals surface area contributed by atoms with Crippen LogP contribution in [-0.2, 0) is 0 Å². The van der Waals surface area contributed by atoms with E-state index in [0.29, 0.717) is 0 Å². The van der Waals surface area contributed by atoms with Crippen LogP contribution in [0.4, 0.5) is 13.2 Å². The summed E-state index contributed by atoms with van der Waals surface area (Å²) in [4.78, 5) is 16.2. The lowest BCUT2D eigenvalue weighted by atomic mass is 10.1. The molecular weight excluding hydrogens is 287 g/mol. The second kappa shape index (κ2) is 5.82. The zero-order chi connectivity index (χ0) is 15.5. The van der Waals surface area contributed by atoms with Gasteiger partial charge in [-0.15, -0.1) is 13.2 Å². The fourth-order valence-corrected chi connectivity index (χ4v) is 1.74. The van der Waals surface area contributed by atoms with Crippen LogP contribution in [0, 0.1) is 0 Å². The largest absolute Gasteiger partial charge is 0.573 e. The number of nitrogens with zero attached hydrogens (tertiary/aromatic N) is 1. The lowest BCUT2D eigenvalue weighted by molar-refractivity contribution is -0.274. The van der Waals surface area contributed by atoms with Gasteiger partial charge in [-0.2, -0.15) is 0 Å². The minimum absolute atomic E-state index is 0.00553. The highest BCUT2D eigenvalue weighted by atomic mass is 19.4. The molecule has 0 spiro atoms. The molecule has 21 heavy (non-hydrogen) atoms. The Kier molecular flexibility index (Phi) is 4.11. The van der Waals surface area contributed by atoms with E-state index in [1.54, 1.807) is 12.1 Å². The Balaban J connectivity index is 2.52. The number of aromatic nitrogens is 1. The molecule has 7 heteroatoms. The van der Waals surface area contributed by atoms with Crippen LogP contribution in [0.5, 0.6) is 11.5 Å². The minimum atomic E-state index is -4.91. The topological polar surface area (TPSA) is 48.4 Å². The predicted octanol–water partition coefficient (Wildman–Crippen LogP) is 3.22. The molecular formula is C14H10F3NO3. The van der Waals surface area contributed by atoms with Gasteiger partial charge in [0.15, 0.2) is 0 Å². The highest BCUT2D eigenvalue weighted by Gasteiger charge is 2.34. The summed E-state index contributed by atoms with van der Waals surface area (Å²) in [7, 11) is 1.25. The van der Waals surface area contributed by atoms with E-state index in [-0.39, 0.29) is 17.0 Å². The van der Waals surface area contributed by atoms with E-state index in [4.69, 9.17) is 4.74 Å². The van der Waals surface area contributed by atoms with Crippen molar-refractivity contribution in [2.75, 3.05) is 7.11 Å². The first kappa shape index (κ1) is 14.8. The second-order valence-corrected chi connectivity index (χ2v) is 3.93. The molecule has 4 nitrogen and oxygen atoms in total. The van der Waals surface area contributed by atoms with Crippen molar-refractivity contribution in [3.05, 3.63) is 53.9 Å². The molecule has 1 heterocycles. The van der Waals surface area contributed by atoms with Gasteiger partial charge in [0.2, 0.25) is 5.78 Å². The van der Waals surface area contributed by atoms with E-state index >= 15 is 0 Å². The number of hydrogen-bond acceptors (Lipinski definition) is 4. The molecule has 0 N–H and O–H groups in total. The van der Waals surface area contributed by atoms with Crippen molar-refractivity contribution in [2.24, 2.45) is 0 Å². The van der Waals surface area contributed by atoms with Crippen LogP contribution in [0.2, 0.25) is 0 Å². The number of hydrogen-bond donors (Lipinski definition) is 0. The highest BCUT2D eigenvalue weighted by Crippen LogP contribution is 2.33. The normalized spacial score (nSPS) is 11.0. The first-order valence-electron chi connectivity index (χ1n) is 5.81. The Morgan fingerprint density at radius 2 is 1.81 bits per heavy atom. The van der Waals surface area contributed by atoms with Gasteiger partial charge in [-0.3, -0.25) is 9.78 Å². The van der Waals surface area contributed by atoms with Crippen molar-refractivity contribution in [3.8, 4) is 11.5 Å². The van der Waals surface area contributed by atoms with E-state index in [0.717, 1.165) is 6.07 Å². The first-order valence-corrected chi connectivity index (χ1v) is 5.81. The van der Waals surface area contributed by atoms with Gasteiger partial charge in [0.1, 0.15) is 22.8 Å². The summed E-state index contributed by atoms with van der Waals surface area (Å²) >= 11 is 0. The third kappa shape index (κ3) is 3.50. The van der Waals surface area contributed by atoms with Crippen LogP contribution in [0.1, 0.15) is 16.1 Å². The lowest BCUT2D eigenvalue weighted by Gasteiger charge is -2.15. The zero-order valence-corrected chi connectivity index (χ0v) is 10.8. The van der Waals surface area contributed by atoms with E-state index in [2.05, 4.69) is 9.72 Å². The van der Waals surface area contributed by atoms with Crippen LogP contribution in [0.25, 0.3) is 0 Å². The van der Waals surface area contributed by atoms with Crippen LogP contribution < -0.4 is 9.47 Å². The Morgan fingerprint density at radius 3 is 2.38 bits per heavy atom. The average Bonchev–Trinajstić information content (AvgIpc) is 2.45. The Hall–Kier alpha value is -2.57. The van der Waals surface area contributed by atoms with E-state index in [1.165, 1.54) is 31.5 Å². The van der Waals surface area contributed by atoms with Crippen molar-refractivity contribution >= 4 is 5.78 Å². The summed E-state index contributed by atoms with van der Waals surface area (Å²) in [6.45, 7) is 0. The predicted molar refractivity (Wildman–Crippen MR) is 67.3 cm³/mol. The number of methoxy groups -OCH3 is 1. The van der Waals surface area contributed by atoms with Gasteiger partial charge in [0.25, 0.3) is 0 Å². The molecule has 1 aromatic heterocycles. The molecule has 1 aromatic carbocycles. The number of carbonyl (C=O) groups excluding carboxylic acids is 1. The summed E-state index contributed by atoms with van der Waals surface area (Å²) in [6, 6.07) is 8.26. The van der Waals surface area contributed by atoms with Crippen molar-refractivity contribution < 1.29 is 27.4 Å². The van der Waals surface area contributed by atoms with Gasteiger partial charge in [0.05, 0.1) is 7.11 Å². The van der Waals surface area contributed by atoms with Gasteiger partial charge < -0.3 is 9.47 Å². The van der Waals surface area contributed by atoms with Crippen molar-refractivity contribution in [3.63, 3.8) is 0 Å². The maximum atomic E-state index is 12.4. The average molecular weight is 297 g/mol. The van der Waals surface area contributed by atoms with Gasteiger partial charge in [0, 0.05) is 6.20 Å². The van der Waals surface area contributed by atoms with E-state index in [1.807, 2.05) is 0 Å². The Labute approximate surface area is 118 Å². The second-order valence-electron chi connectivity index (χ2n) is 3.93. The summed E-state index contributed by atoms with van der Waals surface area (Å²) in [6.07, 6.45) is -3.54. The van der Waals surface area contributed by atoms with Crippen molar-refractivity contribution in [1.29, 1.82) is 0 Å². The summed E-state index contributed by atoms with van der Waals surface area (Å²) < 4.78 is 46.1. The molecule has 2 aromatic rings. The van der Waals surface area contributed by atoms with E-state index < -0.39 is 17.9 Å². The maximum absolute atomic E-state index is 12.4. The number of alkyl halides is 3. The maximum Gasteiger partial charge on any atom is 0.573 e. The Morgan fingerprint density at radius 1 is 1.10 bits per heavy atom. The molecule has 2 rings (SSSR count). The first-order chi connectivity index (χ1) is 9.92. The molecule has 0 saturated carbocycles. The molecule has 0 amide bonds. The number of ether oxygens (including phenoxy) is 2. The molecule has 0 aliphatic rings. The number of pyridine rings is 1. The molecule has 0 fully saturated rings. The fourth-order valence-electron chi connectivity index (χ4n) is 1.74. The van der Waals surface area contributed by atoms with Crippen LogP contribution in [0.3, 0.4) is 0 Å². The third-order valence-electron chi connectivity index (χ3n) is 2.56. The number of ketones is 1. The standard InChI is InChI=1S/C14H10F3NO3/c1-20-10-6-4-7-11(21-14(15,16)17)12(10)13(19)9-5-2-3-8-18-9/h2-8H,1H3. The molecule has 0 aliphatic carbocycles. The molecule has 0 unspecified atom stereocenters. The van der Waals surface area contributed by atoms with Crippen molar-refractivity contribution in [2.45, 2.75) is 6.36 Å². The smallest absolute Gasteiger partial charge is 0.496 e. The molecule has 0 radical (unpaired) electrons. The van der Waals surface area contributed by atoms with E-state index in [9.17, 15) is 18.0 Å². The number of carbonyl (C=O) groups is 1. The van der Waals surface area contributed by atoms with Crippen LogP contribution in [-0.4, -0.2) is 24.2 Å². The minimum Gasteiger partial charge on any atom is -0.496 e. The summed E-state index contributed by atoms with van der Waals surface area (Å²) in [5.41, 5.74) is -0.329. The molecule has 0 aliphatic heterocycles.